The minimum atomic E-state index is -0.543. The molecule has 0 fully saturated rings. The Balaban J connectivity index is 3.24. The van der Waals surface area contributed by atoms with Gasteiger partial charge in [-0.2, -0.15) is 0 Å². The molecular weight excluding hydrogens is 112 g/mol. The molecule has 7 heavy (non-hydrogen) atoms. The predicted octanol–water partition coefficient (Wildman–Crippen LogP) is 0.609. The molecule has 0 heterocycles. The highest BCUT2D eigenvalue weighted by molar-refractivity contribution is 6.19. The summed E-state index contributed by atoms with van der Waals surface area (Å²) in [6.07, 6.45) is -0.543. The van der Waals surface area contributed by atoms with E-state index in [9.17, 15) is 0 Å². The van der Waals surface area contributed by atoms with E-state index in [2.05, 4.69) is 11.8 Å². The van der Waals surface area contributed by atoms with Crippen LogP contribution in [0.1, 0.15) is 6.92 Å². The molecule has 0 bridgehead atoms. The summed E-state index contributed by atoms with van der Waals surface area (Å²) in [4.78, 5) is 0. The van der Waals surface area contributed by atoms with Crippen LogP contribution in [0, 0.1) is 11.8 Å². The first-order valence-electron chi connectivity index (χ1n) is 2.00. The first-order chi connectivity index (χ1) is 3.27. The smallest absolute Gasteiger partial charge is 0.112 e. The van der Waals surface area contributed by atoms with Crippen molar-refractivity contribution in [3.8, 4) is 11.8 Å². The molecule has 0 aliphatic rings. The molecule has 0 spiro atoms. The Bertz CT molecular complexity index is 88.0. The average molecular weight is 119 g/mol. The van der Waals surface area contributed by atoms with Crippen LogP contribution in [0.2, 0.25) is 0 Å². The van der Waals surface area contributed by atoms with Crippen molar-refractivity contribution >= 4 is 11.6 Å². The van der Waals surface area contributed by atoms with Gasteiger partial charge >= 0.3 is 0 Å². The highest BCUT2D eigenvalue weighted by Gasteiger charge is 1.79. The molecule has 1 N–H and O–H groups in total. The Labute approximate surface area is 48.3 Å². The summed E-state index contributed by atoms with van der Waals surface area (Å²) >= 11 is 5.16. The van der Waals surface area contributed by atoms with E-state index in [-0.39, 0.29) is 0 Å². The summed E-state index contributed by atoms with van der Waals surface area (Å²) in [5.74, 6) is 5.28. The van der Waals surface area contributed by atoms with Gasteiger partial charge in [0.15, 0.2) is 0 Å². The van der Waals surface area contributed by atoms with E-state index in [4.69, 9.17) is 16.7 Å². The lowest BCUT2D eigenvalue weighted by Gasteiger charge is -1.83. The monoisotopic (exact) mass is 118 g/mol. The van der Waals surface area contributed by atoms with Gasteiger partial charge in [-0.3, -0.25) is 0 Å². The van der Waals surface area contributed by atoms with Gasteiger partial charge < -0.3 is 5.11 Å². The van der Waals surface area contributed by atoms with Gasteiger partial charge in [-0.15, -0.1) is 11.6 Å². The van der Waals surface area contributed by atoms with Crippen LogP contribution in [0.25, 0.3) is 0 Å². The minimum absolute atomic E-state index is 0.297. The molecule has 0 saturated carbocycles. The summed E-state index contributed by atoms with van der Waals surface area (Å²) < 4.78 is 0. The van der Waals surface area contributed by atoms with Crippen LogP contribution in [-0.4, -0.2) is 17.1 Å². The summed E-state index contributed by atoms with van der Waals surface area (Å²) in [6.45, 7) is 1.60. The lowest BCUT2D eigenvalue weighted by molar-refractivity contribution is 0.253. The molecule has 1 atom stereocenters. The highest BCUT2D eigenvalue weighted by Crippen LogP contribution is 1.73. The topological polar surface area (TPSA) is 20.2 Å². The molecule has 0 saturated heterocycles. The number of halogens is 1. The fourth-order valence-corrected chi connectivity index (χ4v) is 0.263. The predicted molar refractivity (Wildman–Crippen MR) is 30.2 cm³/mol. The van der Waals surface area contributed by atoms with Gasteiger partial charge in [-0.05, 0) is 6.92 Å². The van der Waals surface area contributed by atoms with Crippen LogP contribution in [0.4, 0.5) is 0 Å². The molecule has 0 aromatic heterocycles. The molecule has 0 rings (SSSR count). The van der Waals surface area contributed by atoms with Crippen molar-refractivity contribution in [1.29, 1.82) is 0 Å². The van der Waals surface area contributed by atoms with E-state index in [1.54, 1.807) is 6.92 Å². The van der Waals surface area contributed by atoms with Crippen LogP contribution in [0.3, 0.4) is 0 Å². The van der Waals surface area contributed by atoms with Crippen LogP contribution in [-0.2, 0) is 0 Å². The minimum Gasteiger partial charge on any atom is -0.381 e. The number of hydrogen-bond donors (Lipinski definition) is 1. The standard InChI is InChI=1S/C5H7ClO/c1-5(7)3-2-4-6/h5,7H,4H2,1H3/t5-/m0/s1. The summed E-state index contributed by atoms with van der Waals surface area (Å²) in [5, 5.41) is 8.45. The molecule has 0 aliphatic carbocycles. The Morgan fingerprint density at radius 1 is 1.86 bits per heavy atom. The molecule has 1 nitrogen and oxygen atoms in total. The van der Waals surface area contributed by atoms with Crippen molar-refractivity contribution in [2.24, 2.45) is 0 Å². The summed E-state index contributed by atoms with van der Waals surface area (Å²) in [5.41, 5.74) is 0. The van der Waals surface area contributed by atoms with E-state index >= 15 is 0 Å². The fourth-order valence-electron chi connectivity index (χ4n) is 0.186. The van der Waals surface area contributed by atoms with Gasteiger partial charge in [0.2, 0.25) is 0 Å². The van der Waals surface area contributed by atoms with Crippen LogP contribution >= 0.6 is 11.6 Å². The van der Waals surface area contributed by atoms with Crippen molar-refractivity contribution in [2.75, 3.05) is 5.88 Å². The van der Waals surface area contributed by atoms with Gasteiger partial charge in [0.1, 0.15) is 6.10 Å². The average Bonchev–Trinajstić information content (AvgIpc) is 1.61. The summed E-state index contributed by atoms with van der Waals surface area (Å²) in [7, 11) is 0. The zero-order chi connectivity index (χ0) is 5.70. The maximum absolute atomic E-state index is 8.45. The van der Waals surface area contributed by atoms with E-state index < -0.39 is 6.10 Å². The quantitative estimate of drug-likeness (QED) is 0.365. The lowest BCUT2D eigenvalue weighted by atomic mass is 10.4. The second kappa shape index (κ2) is 3.98. The molecule has 0 aliphatic heterocycles. The molecular formula is C5H7ClO. The van der Waals surface area contributed by atoms with Crippen molar-refractivity contribution in [1.82, 2.24) is 0 Å². The first-order valence-corrected chi connectivity index (χ1v) is 2.53. The van der Waals surface area contributed by atoms with E-state index in [0.29, 0.717) is 5.88 Å². The van der Waals surface area contributed by atoms with E-state index in [1.165, 1.54) is 0 Å². The molecule has 0 unspecified atom stereocenters. The van der Waals surface area contributed by atoms with Gasteiger partial charge in [0, 0.05) is 0 Å². The molecule has 0 amide bonds. The number of aliphatic hydroxyl groups is 1. The van der Waals surface area contributed by atoms with Gasteiger partial charge in [0.25, 0.3) is 0 Å². The summed E-state index contributed by atoms with van der Waals surface area (Å²) in [6, 6.07) is 0. The maximum atomic E-state index is 8.45. The Morgan fingerprint density at radius 2 is 2.43 bits per heavy atom. The number of hydrogen-bond acceptors (Lipinski definition) is 1. The van der Waals surface area contributed by atoms with Gasteiger partial charge in [-0.25, -0.2) is 0 Å². The van der Waals surface area contributed by atoms with Crippen molar-refractivity contribution in [2.45, 2.75) is 13.0 Å². The Hall–Kier alpha value is -0.190. The maximum Gasteiger partial charge on any atom is 0.112 e. The number of aliphatic hydroxyl groups excluding tert-OH is 1. The van der Waals surface area contributed by atoms with Crippen LogP contribution in [0.5, 0.6) is 0 Å². The van der Waals surface area contributed by atoms with E-state index in [1.807, 2.05) is 0 Å². The van der Waals surface area contributed by atoms with Gasteiger partial charge in [0.05, 0.1) is 5.88 Å². The third kappa shape index (κ3) is 5.81. The van der Waals surface area contributed by atoms with E-state index in [0.717, 1.165) is 0 Å². The number of alkyl halides is 1. The van der Waals surface area contributed by atoms with Crippen molar-refractivity contribution in [3.05, 3.63) is 0 Å². The van der Waals surface area contributed by atoms with Gasteiger partial charge in [-0.1, -0.05) is 11.8 Å². The largest absolute Gasteiger partial charge is 0.381 e. The molecule has 0 aromatic rings. The van der Waals surface area contributed by atoms with Crippen molar-refractivity contribution in [3.63, 3.8) is 0 Å². The Kier molecular flexibility index (Phi) is 3.87. The molecule has 0 radical (unpaired) electrons. The molecule has 2 heteroatoms. The zero-order valence-corrected chi connectivity index (χ0v) is 4.87. The number of rotatable bonds is 0. The third-order valence-corrected chi connectivity index (χ3v) is 0.511. The fraction of sp³-hybridized carbons (Fsp3) is 0.600. The lowest BCUT2D eigenvalue weighted by Crippen LogP contribution is -1.92. The Morgan fingerprint density at radius 3 is 2.57 bits per heavy atom. The second-order valence-corrected chi connectivity index (χ2v) is 1.40. The first kappa shape index (κ1) is 6.81. The van der Waals surface area contributed by atoms with Crippen LogP contribution in [0.15, 0.2) is 0 Å². The van der Waals surface area contributed by atoms with Crippen molar-refractivity contribution < 1.29 is 5.11 Å². The molecule has 0 aromatic carbocycles. The van der Waals surface area contributed by atoms with Crippen LogP contribution < -0.4 is 0 Å². The SMILES string of the molecule is C[C@H](O)C#CCCl. The highest BCUT2D eigenvalue weighted by atomic mass is 35.5. The zero-order valence-electron chi connectivity index (χ0n) is 4.11. The normalized spacial score (nSPS) is 11.9. The third-order valence-electron chi connectivity index (χ3n) is 0.378. The second-order valence-electron chi connectivity index (χ2n) is 1.13. The molecule has 40 valence electrons.